The minimum Gasteiger partial charge on any atom is -0.406 e. The Labute approximate surface area is 192 Å². The number of halogens is 1. The summed E-state index contributed by atoms with van der Waals surface area (Å²) in [7, 11) is 2.13. The molecule has 0 aromatic heterocycles. The molecule has 1 atom stereocenters. The summed E-state index contributed by atoms with van der Waals surface area (Å²) in [6.07, 6.45) is 1.64. The highest BCUT2D eigenvalue weighted by atomic mass is 19.1. The van der Waals surface area contributed by atoms with Gasteiger partial charge in [0.05, 0.1) is 25.3 Å². The topological polar surface area (TPSA) is 45.0 Å². The van der Waals surface area contributed by atoms with Gasteiger partial charge >= 0.3 is 6.09 Å². The Balaban J connectivity index is 1.72. The van der Waals surface area contributed by atoms with Crippen LogP contribution in [-0.2, 0) is 9.47 Å². The van der Waals surface area contributed by atoms with Crippen LogP contribution in [0, 0.1) is 12.7 Å². The maximum Gasteiger partial charge on any atom is 0.596 e. The first-order chi connectivity index (χ1) is 15.0. The van der Waals surface area contributed by atoms with Crippen molar-refractivity contribution in [2.45, 2.75) is 65.3 Å². The lowest BCUT2D eigenvalue weighted by Crippen LogP contribution is -2.48. The molecule has 0 bridgehead atoms. The molecule has 3 rings (SSSR count). The summed E-state index contributed by atoms with van der Waals surface area (Å²) in [5.41, 5.74) is 1.96. The number of nitrogens with zero attached hydrogens (tertiary/aromatic N) is 3. The predicted octanol–water partition coefficient (Wildman–Crippen LogP) is 4.01. The van der Waals surface area contributed by atoms with Crippen molar-refractivity contribution in [2.75, 3.05) is 46.3 Å². The Morgan fingerprint density at radius 3 is 2.50 bits per heavy atom. The molecular weight excluding hydrogens is 409 g/mol. The number of rotatable bonds is 5. The molecule has 1 saturated heterocycles. The van der Waals surface area contributed by atoms with Gasteiger partial charge in [-0.15, -0.1) is 4.58 Å². The summed E-state index contributed by atoms with van der Waals surface area (Å²) in [6.45, 7) is 14.0. The molecule has 7 heteroatoms. The van der Waals surface area contributed by atoms with Gasteiger partial charge in [-0.1, -0.05) is 12.1 Å². The normalized spacial score (nSPS) is 20.5. The summed E-state index contributed by atoms with van der Waals surface area (Å²) in [4.78, 5) is 17.1. The number of likely N-dealkylation sites (tertiary alicyclic amines) is 1. The fourth-order valence-corrected chi connectivity index (χ4v) is 4.26. The number of benzene rings is 1. The van der Waals surface area contributed by atoms with E-state index in [1.165, 1.54) is 0 Å². The number of hydrogen-bond donors (Lipinski definition) is 0. The zero-order valence-corrected chi connectivity index (χ0v) is 20.5. The Kier molecular flexibility index (Phi) is 8.06. The second kappa shape index (κ2) is 10.4. The second-order valence-corrected chi connectivity index (χ2v) is 10.2. The second-order valence-electron chi connectivity index (χ2n) is 10.2. The average molecular weight is 449 g/mol. The quantitative estimate of drug-likeness (QED) is 0.637. The molecule has 1 aromatic carbocycles. The van der Waals surface area contributed by atoms with Crippen molar-refractivity contribution in [3.8, 4) is 0 Å². The van der Waals surface area contributed by atoms with E-state index < -0.39 is 5.60 Å². The summed E-state index contributed by atoms with van der Waals surface area (Å²) in [5, 5.41) is 0. The largest absolute Gasteiger partial charge is 0.596 e. The SMILES string of the molecule is CC1=[N+](C(=O)OC(C)(C)C)CCN(CC(OC2CCN(C)CC2)c2ccc(C)c(F)c2)C1. The van der Waals surface area contributed by atoms with Crippen molar-refractivity contribution in [3.63, 3.8) is 0 Å². The minimum atomic E-state index is -0.517. The van der Waals surface area contributed by atoms with Crippen molar-refractivity contribution < 1.29 is 23.2 Å². The molecule has 178 valence electrons. The Morgan fingerprint density at radius 1 is 1.22 bits per heavy atom. The number of carbonyl (C=O) groups is 1. The van der Waals surface area contributed by atoms with Gasteiger partial charge in [-0.25, -0.2) is 4.39 Å². The third-order valence-electron chi connectivity index (χ3n) is 6.18. The van der Waals surface area contributed by atoms with Crippen LogP contribution in [0.3, 0.4) is 0 Å². The van der Waals surface area contributed by atoms with Crippen molar-refractivity contribution in [1.82, 2.24) is 9.80 Å². The number of carbonyl (C=O) groups excluding carboxylic acids is 1. The first-order valence-corrected chi connectivity index (χ1v) is 11.7. The lowest BCUT2D eigenvalue weighted by Gasteiger charge is -2.34. The first-order valence-electron chi connectivity index (χ1n) is 11.7. The lowest BCUT2D eigenvalue weighted by molar-refractivity contribution is -0.459. The van der Waals surface area contributed by atoms with Gasteiger partial charge in [0.25, 0.3) is 0 Å². The molecule has 1 fully saturated rings. The summed E-state index contributed by atoms with van der Waals surface area (Å²) < 4.78 is 28.2. The number of hydrogen-bond acceptors (Lipinski definition) is 5. The third kappa shape index (κ3) is 6.83. The zero-order chi connectivity index (χ0) is 23.5. The van der Waals surface area contributed by atoms with E-state index >= 15 is 0 Å². The Hall–Kier alpha value is -1.83. The molecule has 1 amide bonds. The van der Waals surface area contributed by atoms with Crippen LogP contribution < -0.4 is 0 Å². The van der Waals surface area contributed by atoms with Gasteiger partial charge < -0.3 is 14.4 Å². The molecule has 1 aromatic rings. The van der Waals surface area contributed by atoms with E-state index in [1.54, 1.807) is 17.6 Å². The highest BCUT2D eigenvalue weighted by molar-refractivity contribution is 5.83. The van der Waals surface area contributed by atoms with Crippen LogP contribution >= 0.6 is 0 Å². The number of amides is 1. The molecule has 0 aliphatic carbocycles. The van der Waals surface area contributed by atoms with E-state index in [1.807, 2.05) is 39.8 Å². The molecular formula is C25H39FN3O3+. The maximum atomic E-state index is 14.3. The molecule has 0 saturated carbocycles. The van der Waals surface area contributed by atoms with E-state index in [0.29, 0.717) is 25.2 Å². The molecule has 0 spiro atoms. The smallest absolute Gasteiger partial charge is 0.406 e. The summed E-state index contributed by atoms with van der Waals surface area (Å²) in [6, 6.07) is 5.42. The fraction of sp³-hybridized carbons (Fsp3) is 0.680. The van der Waals surface area contributed by atoms with Crippen LogP contribution in [0.25, 0.3) is 0 Å². The molecule has 2 aliphatic rings. The highest BCUT2D eigenvalue weighted by Crippen LogP contribution is 2.26. The van der Waals surface area contributed by atoms with Gasteiger partial charge in [-0.05, 0) is 64.8 Å². The molecule has 0 radical (unpaired) electrons. The van der Waals surface area contributed by atoms with Crippen LogP contribution in [-0.4, -0.2) is 84.2 Å². The van der Waals surface area contributed by atoms with E-state index in [4.69, 9.17) is 9.47 Å². The van der Waals surface area contributed by atoms with Gasteiger partial charge in [0.15, 0.2) is 12.3 Å². The molecule has 2 aliphatic heterocycles. The standard InChI is InChI=1S/C25H39FN3O3/c1-18-7-8-20(15-22(18)26)23(31-21-9-11-27(6)12-10-21)17-28-13-14-29(19(2)16-28)24(30)32-25(3,4)5/h7-8,15,21,23H,9-14,16-17H2,1-6H3/q+1. The molecule has 6 nitrogen and oxygen atoms in total. The number of aryl methyl sites for hydroxylation is 1. The van der Waals surface area contributed by atoms with Gasteiger partial charge in [0.2, 0.25) is 0 Å². The third-order valence-corrected chi connectivity index (χ3v) is 6.18. The van der Waals surface area contributed by atoms with Crippen LogP contribution in [0.5, 0.6) is 0 Å². The lowest BCUT2D eigenvalue weighted by atomic mass is 10.0. The predicted molar refractivity (Wildman–Crippen MR) is 124 cm³/mol. The van der Waals surface area contributed by atoms with Crippen molar-refractivity contribution in [3.05, 3.63) is 35.1 Å². The summed E-state index contributed by atoms with van der Waals surface area (Å²) >= 11 is 0. The van der Waals surface area contributed by atoms with Gasteiger partial charge in [-0.2, -0.15) is 4.79 Å². The van der Waals surface area contributed by atoms with Gasteiger partial charge in [-0.3, -0.25) is 4.90 Å². The fourth-order valence-electron chi connectivity index (χ4n) is 4.26. The first kappa shape index (κ1) is 24.8. The Bertz CT molecular complexity index is 841. The minimum absolute atomic E-state index is 0.175. The molecule has 2 heterocycles. The highest BCUT2D eigenvalue weighted by Gasteiger charge is 2.34. The van der Waals surface area contributed by atoms with Gasteiger partial charge in [0.1, 0.15) is 11.4 Å². The molecule has 0 N–H and O–H groups in total. The van der Waals surface area contributed by atoms with Crippen molar-refractivity contribution in [1.29, 1.82) is 0 Å². The van der Waals surface area contributed by atoms with Crippen molar-refractivity contribution >= 4 is 11.8 Å². The summed E-state index contributed by atoms with van der Waals surface area (Å²) in [5.74, 6) is -0.197. The van der Waals surface area contributed by atoms with Crippen LogP contribution in [0.4, 0.5) is 9.18 Å². The average Bonchev–Trinajstić information content (AvgIpc) is 2.70. The van der Waals surface area contributed by atoms with E-state index in [-0.39, 0.29) is 24.1 Å². The monoisotopic (exact) mass is 448 g/mol. The Morgan fingerprint density at radius 2 is 1.91 bits per heavy atom. The van der Waals surface area contributed by atoms with E-state index in [9.17, 15) is 9.18 Å². The maximum absolute atomic E-state index is 14.3. The van der Waals surface area contributed by atoms with Crippen LogP contribution in [0.15, 0.2) is 18.2 Å². The van der Waals surface area contributed by atoms with Crippen LogP contribution in [0.2, 0.25) is 0 Å². The van der Waals surface area contributed by atoms with Crippen molar-refractivity contribution in [2.24, 2.45) is 0 Å². The number of ether oxygens (including phenoxy) is 2. The molecule has 1 unspecified atom stereocenters. The number of piperidine rings is 1. The van der Waals surface area contributed by atoms with E-state index in [0.717, 1.165) is 43.8 Å². The van der Waals surface area contributed by atoms with Gasteiger partial charge in [0, 0.05) is 26.6 Å². The van der Waals surface area contributed by atoms with Crippen LogP contribution in [0.1, 0.15) is 57.8 Å². The van der Waals surface area contributed by atoms with E-state index in [2.05, 4.69) is 16.8 Å². The molecule has 32 heavy (non-hydrogen) atoms. The zero-order valence-electron chi connectivity index (χ0n) is 20.5.